The van der Waals surface area contributed by atoms with Gasteiger partial charge in [-0.3, -0.25) is 0 Å². The largest absolute Gasteiger partial charge is 0.223 e. The molecule has 0 fully saturated rings. The van der Waals surface area contributed by atoms with Crippen LogP contribution in [0.3, 0.4) is 0 Å². The highest BCUT2D eigenvalue weighted by atomic mass is 35.5. The van der Waals surface area contributed by atoms with Crippen LogP contribution in [-0.2, 0) is 0 Å². The van der Waals surface area contributed by atoms with Crippen molar-refractivity contribution in [2.75, 3.05) is 0 Å². The van der Waals surface area contributed by atoms with E-state index in [4.69, 9.17) is 0 Å². The van der Waals surface area contributed by atoms with E-state index in [1.807, 2.05) is 0 Å². The van der Waals surface area contributed by atoms with E-state index < -0.39 is 0 Å². The fraction of sp³-hybridized carbons (Fsp3) is 0.400. The molecule has 1 rings (SSSR count). The molecule has 0 aromatic heterocycles. The molecule has 12 heavy (non-hydrogen) atoms. The quantitative estimate of drug-likeness (QED) is 0.641. The van der Waals surface area contributed by atoms with Crippen LogP contribution in [-0.4, -0.2) is 16.3 Å². The van der Waals surface area contributed by atoms with Crippen LogP contribution in [0.15, 0.2) is 24.3 Å². The van der Waals surface area contributed by atoms with Crippen LogP contribution in [0.5, 0.6) is 0 Å². The van der Waals surface area contributed by atoms with Gasteiger partial charge in [0.05, 0.1) is 0 Å². The molecule has 0 aliphatic rings. The second kappa shape index (κ2) is 5.65. The maximum atomic E-state index is 2.26. The first kappa shape index (κ1) is 12.0. The summed E-state index contributed by atoms with van der Waals surface area (Å²) < 4.78 is 0.843. The Labute approximate surface area is 89.2 Å². The van der Waals surface area contributed by atoms with E-state index in [2.05, 4.69) is 38.1 Å². The molecule has 0 bridgehead atoms. The molecule has 1 atom stereocenters. The Bertz CT molecular complexity index is 218. The highest BCUT2D eigenvalue weighted by Gasteiger charge is 2.00. The van der Waals surface area contributed by atoms with Crippen LogP contribution in [0, 0.1) is 6.92 Å². The first-order valence-corrected chi connectivity index (χ1v) is 5.46. The Kier molecular flexibility index (Phi) is 5.67. The van der Waals surface area contributed by atoms with Gasteiger partial charge in [0, 0.05) is 0 Å². The molecule has 0 aliphatic heterocycles. The zero-order valence-corrected chi connectivity index (χ0v) is 10.8. The lowest BCUT2D eigenvalue weighted by atomic mass is 10.1. The first-order chi connectivity index (χ1) is 5.24. The molecule has 1 aromatic rings. The molecule has 0 aliphatic carbocycles. The monoisotopic (exact) mass is 198 g/mol. The standard InChI is InChI=1S/C10H13.Al.ClH.2H/c1-3-4-10-7-5-9(2)6-8-10;;;;/h4-8H,3H2,1-2H3;;1H;;. The summed E-state index contributed by atoms with van der Waals surface area (Å²) in [5, 5.41) is 0. The molecule has 0 saturated heterocycles. The lowest BCUT2D eigenvalue weighted by molar-refractivity contribution is 0.882. The average molecular weight is 199 g/mol. The number of aryl methyl sites for hydroxylation is 1. The molecule has 1 unspecified atom stereocenters. The fourth-order valence-electron chi connectivity index (χ4n) is 1.13. The van der Waals surface area contributed by atoms with Gasteiger partial charge in [0.1, 0.15) is 0 Å². The lowest BCUT2D eigenvalue weighted by Crippen LogP contribution is -1.95. The zero-order valence-electron chi connectivity index (χ0n) is 8.00. The van der Waals surface area contributed by atoms with Gasteiger partial charge in [-0.1, -0.05) is 53.5 Å². The SMILES string of the molecule is CC[CH]([AlH2])c1ccc(C)cc1.Cl. The third-order valence-electron chi connectivity index (χ3n) is 2.26. The minimum absolute atomic E-state index is 0. The van der Waals surface area contributed by atoms with E-state index in [0.717, 1.165) is 4.78 Å². The van der Waals surface area contributed by atoms with Crippen LogP contribution in [0.2, 0.25) is 0 Å². The highest BCUT2D eigenvalue weighted by molar-refractivity contribution is 6.12. The summed E-state index contributed by atoms with van der Waals surface area (Å²) >= 11 is 1.28. The van der Waals surface area contributed by atoms with Crippen molar-refractivity contribution in [2.24, 2.45) is 0 Å². The third kappa shape index (κ3) is 3.19. The van der Waals surface area contributed by atoms with Gasteiger partial charge in [0.25, 0.3) is 0 Å². The van der Waals surface area contributed by atoms with Crippen molar-refractivity contribution >= 4 is 28.7 Å². The Morgan fingerprint density at radius 1 is 1.25 bits per heavy atom. The van der Waals surface area contributed by atoms with Crippen LogP contribution in [0.4, 0.5) is 0 Å². The normalized spacial score (nSPS) is 11.8. The van der Waals surface area contributed by atoms with Gasteiger partial charge in [0.2, 0.25) is 16.3 Å². The topological polar surface area (TPSA) is 0 Å². The van der Waals surface area contributed by atoms with Crippen molar-refractivity contribution in [1.82, 2.24) is 0 Å². The van der Waals surface area contributed by atoms with Gasteiger partial charge in [-0.25, -0.2) is 0 Å². The molecule has 0 spiro atoms. The van der Waals surface area contributed by atoms with E-state index >= 15 is 0 Å². The number of hydrogen-bond donors (Lipinski definition) is 0. The van der Waals surface area contributed by atoms with Crippen LogP contribution in [0.1, 0.15) is 29.3 Å². The predicted molar refractivity (Wildman–Crippen MR) is 60.0 cm³/mol. The molecule has 0 amide bonds. The maximum Gasteiger partial charge on any atom is 0.223 e. The smallest absolute Gasteiger partial charge is 0.147 e. The van der Waals surface area contributed by atoms with Gasteiger partial charge in [0.15, 0.2) is 0 Å². The van der Waals surface area contributed by atoms with Gasteiger partial charge in [-0.15, -0.1) is 12.4 Å². The average Bonchev–Trinajstić information content (AvgIpc) is 2.05. The fourth-order valence-corrected chi connectivity index (χ4v) is 1.52. The maximum absolute atomic E-state index is 2.26. The second-order valence-electron chi connectivity index (χ2n) is 3.22. The first-order valence-electron chi connectivity index (χ1n) is 4.30. The van der Waals surface area contributed by atoms with Crippen molar-refractivity contribution in [2.45, 2.75) is 25.0 Å². The van der Waals surface area contributed by atoms with E-state index in [1.165, 1.54) is 33.8 Å². The molecule has 1 aromatic carbocycles. The number of hydrogen-bond acceptors (Lipinski definition) is 0. The van der Waals surface area contributed by atoms with Crippen molar-refractivity contribution in [3.63, 3.8) is 0 Å². The summed E-state index contributed by atoms with van der Waals surface area (Å²) in [5.74, 6) is 0. The van der Waals surface area contributed by atoms with E-state index in [0.29, 0.717) is 0 Å². The van der Waals surface area contributed by atoms with Gasteiger partial charge in [-0.2, -0.15) is 0 Å². The number of benzene rings is 1. The Balaban J connectivity index is 0.00000121. The van der Waals surface area contributed by atoms with Crippen molar-refractivity contribution in [1.29, 1.82) is 0 Å². The summed E-state index contributed by atoms with van der Waals surface area (Å²) in [6.45, 7) is 4.40. The summed E-state index contributed by atoms with van der Waals surface area (Å²) in [7, 11) is 0. The second-order valence-corrected chi connectivity index (χ2v) is 4.61. The molecular formula is C10H16AlCl. The summed E-state index contributed by atoms with van der Waals surface area (Å²) in [6, 6.07) is 8.93. The van der Waals surface area contributed by atoms with Gasteiger partial charge >= 0.3 is 0 Å². The molecule has 0 heterocycles. The van der Waals surface area contributed by atoms with Crippen molar-refractivity contribution in [3.8, 4) is 0 Å². The molecule has 2 heteroatoms. The Morgan fingerprint density at radius 2 is 1.75 bits per heavy atom. The number of rotatable bonds is 2. The van der Waals surface area contributed by atoms with E-state index in [-0.39, 0.29) is 12.4 Å². The molecule has 0 nitrogen and oxygen atoms in total. The van der Waals surface area contributed by atoms with Crippen LogP contribution in [0.25, 0.3) is 0 Å². The molecule has 0 radical (unpaired) electrons. The van der Waals surface area contributed by atoms with Gasteiger partial charge < -0.3 is 0 Å². The molecule has 0 saturated carbocycles. The summed E-state index contributed by atoms with van der Waals surface area (Å²) in [6.07, 6.45) is 1.29. The molecular weight excluding hydrogens is 183 g/mol. The third-order valence-corrected chi connectivity index (χ3v) is 3.74. The van der Waals surface area contributed by atoms with Crippen LogP contribution >= 0.6 is 12.4 Å². The van der Waals surface area contributed by atoms with E-state index in [1.54, 1.807) is 0 Å². The van der Waals surface area contributed by atoms with E-state index in [9.17, 15) is 0 Å². The summed E-state index contributed by atoms with van der Waals surface area (Å²) in [5.41, 5.74) is 2.88. The minimum atomic E-state index is 0. The van der Waals surface area contributed by atoms with Crippen molar-refractivity contribution in [3.05, 3.63) is 35.4 Å². The number of halogens is 1. The van der Waals surface area contributed by atoms with Gasteiger partial charge in [-0.05, 0) is 6.92 Å². The van der Waals surface area contributed by atoms with Crippen molar-refractivity contribution < 1.29 is 0 Å². The highest BCUT2D eigenvalue weighted by Crippen LogP contribution is 2.15. The molecule has 66 valence electrons. The van der Waals surface area contributed by atoms with Crippen LogP contribution < -0.4 is 0 Å². The summed E-state index contributed by atoms with van der Waals surface area (Å²) in [4.78, 5) is 0. The Morgan fingerprint density at radius 3 is 2.17 bits per heavy atom. The minimum Gasteiger partial charge on any atom is -0.147 e. The zero-order chi connectivity index (χ0) is 8.27. The lowest BCUT2D eigenvalue weighted by Gasteiger charge is -2.08. The Hall–Kier alpha value is 0.0425. The molecule has 0 N–H and O–H groups in total. The predicted octanol–water partition coefficient (Wildman–Crippen LogP) is 2.50.